The Labute approximate surface area is 838 Å². The summed E-state index contributed by atoms with van der Waals surface area (Å²) >= 11 is 12.7. The Bertz CT molecular complexity index is 6770. The van der Waals surface area contributed by atoms with Gasteiger partial charge in [0.2, 0.25) is 23.8 Å². The normalized spacial score (nSPS) is 15.4. The summed E-state index contributed by atoms with van der Waals surface area (Å²) in [5.74, 6) is 6.69. The number of ether oxygens (including phenoxy) is 4. The molecule has 5 aliphatic rings. The number of para-hydroxylation sites is 4. The van der Waals surface area contributed by atoms with E-state index in [9.17, 15) is 26.7 Å². The Morgan fingerprint density at radius 1 is 0.475 bits per heavy atom. The van der Waals surface area contributed by atoms with E-state index in [1.807, 2.05) is 147 Å². The molecule has 0 radical (unpaired) electrons. The predicted octanol–water partition coefficient (Wildman–Crippen LogP) is 19.6. The topological polar surface area (TPSA) is 367 Å². The van der Waals surface area contributed by atoms with E-state index in [4.69, 9.17) is 47.1 Å². The van der Waals surface area contributed by atoms with Crippen molar-refractivity contribution in [3.63, 3.8) is 0 Å². The minimum absolute atomic E-state index is 0.216. The van der Waals surface area contributed by atoms with Crippen LogP contribution in [0.2, 0.25) is 10.0 Å². The summed E-state index contributed by atoms with van der Waals surface area (Å²) in [4.78, 5) is 48.0. The van der Waals surface area contributed by atoms with Gasteiger partial charge in [-0.2, -0.15) is 19.9 Å². The second-order valence-electron chi connectivity index (χ2n) is 36.9. The fraction of sp³-hybridized carbons (Fsp3) is 0.353. The number of nitrogens with zero attached hydrogens (tertiary/aromatic N) is 13. The maximum absolute atomic E-state index is 13.3. The molecule has 4 fully saturated rings. The molecule has 8 heterocycles. The Kier molecular flexibility index (Phi) is 35.1. The first-order valence-corrected chi connectivity index (χ1v) is 59.0. The number of piperidine rings is 1. The Hall–Kier alpha value is -11.7. The van der Waals surface area contributed by atoms with Gasteiger partial charge in [-0.3, -0.25) is 4.90 Å². The quantitative estimate of drug-likeness (QED) is 0.0182. The van der Waals surface area contributed by atoms with E-state index in [0.29, 0.717) is 116 Å². The summed E-state index contributed by atoms with van der Waals surface area (Å²) in [6.45, 7) is 24.1. The average Bonchev–Trinajstić information content (AvgIpc) is 1.53. The number of hydrogen-bond donors (Lipinski definition) is 9. The van der Waals surface area contributed by atoms with Gasteiger partial charge in [-0.15, -0.1) is 0 Å². The zero-order chi connectivity index (χ0) is 101. The molecule has 746 valence electrons. The van der Waals surface area contributed by atoms with Crippen LogP contribution in [0.3, 0.4) is 0 Å². The molecule has 4 aliphatic heterocycles. The molecule has 0 amide bonds. The van der Waals surface area contributed by atoms with E-state index in [0.717, 1.165) is 131 Å². The SMILES string of the molecule is COc1cc(C2=CCN(C)CC2)ccc1Nc1ncc(Cl)c(Nc2ccccc2P(C)(C)=O)n1.COc1cc(N(C)C)ccc1Nc1ncc(Cl)c(Nc2ccccc2P(C)(C)=O)n1.COc1cc(N2CCC(N3CCN(C)CC3)CC2)ccc1Nc1ncc(C2CC2)c(Nc2ccccc2P(C)(C)=O)n1.COc1cc(P2(=O)CCNCC2)ccc1Nc1nccc(Nc2ccccc2S(=O)(=O)C(C)C)n1. The number of likely N-dealkylation sites (N-methyl/N-ethyl adjacent to an activating group) is 2. The molecule has 8 aromatic carbocycles. The minimum Gasteiger partial charge on any atom is -0.495 e. The van der Waals surface area contributed by atoms with Crippen molar-refractivity contribution in [2.24, 2.45) is 0 Å². The van der Waals surface area contributed by atoms with Gasteiger partial charge in [-0.05, 0) is 226 Å². The van der Waals surface area contributed by atoms with Crippen LogP contribution in [0.5, 0.6) is 23.0 Å². The number of nitrogens with one attached hydrogen (secondary N) is 9. The van der Waals surface area contributed by atoms with Crippen LogP contribution >= 0.6 is 51.8 Å². The molecule has 0 unspecified atom stereocenters. The Morgan fingerprint density at radius 2 is 0.936 bits per heavy atom. The van der Waals surface area contributed by atoms with Crippen molar-refractivity contribution in [3.05, 3.63) is 228 Å². The molecule has 39 heteroatoms. The molecule has 141 heavy (non-hydrogen) atoms. The van der Waals surface area contributed by atoms with Crippen LogP contribution in [0.1, 0.15) is 63.0 Å². The number of methoxy groups -OCH3 is 4. The van der Waals surface area contributed by atoms with Gasteiger partial charge in [0, 0.05) is 161 Å². The van der Waals surface area contributed by atoms with Gasteiger partial charge in [-0.1, -0.05) is 83.9 Å². The van der Waals surface area contributed by atoms with Gasteiger partial charge in [0.1, 0.15) is 73.2 Å². The lowest BCUT2D eigenvalue weighted by molar-refractivity contribution is 0.0982. The van der Waals surface area contributed by atoms with Gasteiger partial charge in [0.05, 0.1) is 96.5 Å². The molecule has 3 saturated heterocycles. The molecule has 4 aromatic heterocycles. The maximum atomic E-state index is 13.3. The van der Waals surface area contributed by atoms with Crippen molar-refractivity contribution < 1.29 is 45.6 Å². The van der Waals surface area contributed by atoms with E-state index >= 15 is 0 Å². The Morgan fingerprint density at radius 3 is 1.44 bits per heavy atom. The molecule has 12 aromatic rings. The molecule has 1 aliphatic carbocycles. The highest BCUT2D eigenvalue weighted by atomic mass is 35.5. The number of sulfone groups is 1. The third-order valence-electron chi connectivity index (χ3n) is 25.0. The summed E-state index contributed by atoms with van der Waals surface area (Å²) < 4.78 is 99.7. The van der Waals surface area contributed by atoms with Crippen LogP contribution in [0.25, 0.3) is 5.57 Å². The molecule has 32 nitrogen and oxygen atoms in total. The summed E-state index contributed by atoms with van der Waals surface area (Å²) in [5, 5.41) is 32.5. The summed E-state index contributed by atoms with van der Waals surface area (Å²) in [6, 6.07) is 55.5. The second kappa shape index (κ2) is 47.0. The van der Waals surface area contributed by atoms with Gasteiger partial charge in [0.15, 0.2) is 21.5 Å². The highest BCUT2D eigenvalue weighted by molar-refractivity contribution is 7.92. The van der Waals surface area contributed by atoms with E-state index in [2.05, 4.69) is 147 Å². The van der Waals surface area contributed by atoms with Crippen molar-refractivity contribution >= 4 is 192 Å². The first kappa shape index (κ1) is 105. The van der Waals surface area contributed by atoms with Crippen LogP contribution in [-0.2, 0) is 28.1 Å². The number of benzene rings is 8. The van der Waals surface area contributed by atoms with Crippen LogP contribution in [0, 0.1) is 0 Å². The van der Waals surface area contributed by atoms with E-state index in [1.54, 1.807) is 119 Å². The second-order valence-corrected chi connectivity index (χ2v) is 52.9. The Balaban J connectivity index is 0.000000151. The number of aromatic nitrogens is 8. The van der Waals surface area contributed by atoms with E-state index in [-0.39, 0.29) is 4.90 Å². The number of piperazine rings is 1. The van der Waals surface area contributed by atoms with E-state index < -0.39 is 43.7 Å². The number of rotatable bonds is 31. The zero-order valence-corrected chi connectivity index (χ0v) is 88.6. The molecule has 9 N–H and O–H groups in total. The third-order valence-corrected chi connectivity index (χ3v) is 35.5. The fourth-order valence-corrected chi connectivity index (χ4v) is 24.2. The van der Waals surface area contributed by atoms with E-state index in [1.165, 1.54) is 62.7 Å². The molecule has 1 saturated carbocycles. The highest BCUT2D eigenvalue weighted by Gasteiger charge is 2.33. The lowest BCUT2D eigenvalue weighted by Crippen LogP contribution is -2.52. The van der Waals surface area contributed by atoms with Crippen molar-refractivity contribution in [2.75, 3.05) is 227 Å². The first-order valence-electron chi connectivity index (χ1n) is 46.9. The molecular formula is C102H128Cl2N22O10P4S. The average molecular weight is 2050 g/mol. The lowest BCUT2D eigenvalue weighted by Gasteiger charge is -2.42. The summed E-state index contributed by atoms with van der Waals surface area (Å²) in [5.41, 5.74) is 11.4. The fourth-order valence-electron chi connectivity index (χ4n) is 16.8. The standard InChI is InChI=1S/C32H44N7O2P.C25H29ClN5O2P.C24H30N5O4PS.C21H25ClN5O2P/c1-37-17-19-39(20-18-37)24-13-15-38(16-14-24)25-11-12-27(29(21-25)41-2)35-32-33-22-26(23-9-10-23)31(36-32)34-28-7-5-6-8-30(28)42(3,4)40;1-31-13-11-17(12-14-31)18-9-10-20(22(15-18)33-2)29-25-27-16-19(26)24(30-25)28-21-7-5-6-8-23(21)34(3,4)32;1-17(2)35(31,32)22-7-5-4-6-20(22)27-23-10-11-26-24(29-23)28-19-9-8-18(16-21(19)33-3)34(30)14-12-25-13-15-34;1-27(2)14-10-11-16(18(12-14)29-3)25-21-23-13-15(22)20(26-21)24-17-8-6-7-9-19(17)30(4,5)28/h5-8,11-12,21-24H,9-10,13-20H2,1-4H3,(H2,33,34,35,36);5-11,15-16H,12-14H2,1-4H3,(H2,27,28,29,30);4-11,16-17,25H,12-15H2,1-3H3,(H2,26,27,28,29);6-13H,1-5H3,(H2,23,24,25,26). The largest absolute Gasteiger partial charge is 0.495 e. The van der Waals surface area contributed by atoms with Gasteiger partial charge in [0.25, 0.3) is 0 Å². The maximum Gasteiger partial charge on any atom is 0.229 e. The minimum atomic E-state index is -3.48. The highest BCUT2D eigenvalue weighted by Crippen LogP contribution is 2.49. The smallest absolute Gasteiger partial charge is 0.229 e. The van der Waals surface area contributed by atoms with Crippen LogP contribution in [-0.4, -0.2) is 249 Å². The lowest BCUT2D eigenvalue weighted by atomic mass is 9.99. The molecule has 17 rings (SSSR count). The van der Waals surface area contributed by atoms with Crippen molar-refractivity contribution in [3.8, 4) is 23.0 Å². The van der Waals surface area contributed by atoms with Crippen LogP contribution < -0.4 is 97.8 Å². The van der Waals surface area contributed by atoms with Crippen LogP contribution in [0.4, 0.5) is 104 Å². The van der Waals surface area contributed by atoms with Crippen molar-refractivity contribution in [2.45, 2.75) is 68.1 Å². The van der Waals surface area contributed by atoms with Crippen molar-refractivity contribution in [1.29, 1.82) is 0 Å². The van der Waals surface area contributed by atoms with Crippen molar-refractivity contribution in [1.82, 2.24) is 59.9 Å². The monoisotopic (exact) mass is 2050 g/mol. The molecular weight excluding hydrogens is 1920 g/mol. The molecule has 0 spiro atoms. The predicted molar refractivity (Wildman–Crippen MR) is 582 cm³/mol. The number of anilines is 18. The third kappa shape index (κ3) is 27.6. The summed E-state index contributed by atoms with van der Waals surface area (Å²) in [6.07, 6.45) is 15.7. The molecule has 0 atom stereocenters. The number of halogens is 2. The summed E-state index contributed by atoms with van der Waals surface area (Å²) in [7, 11) is 1.43. The van der Waals surface area contributed by atoms with Gasteiger partial charge in [-0.25, -0.2) is 28.4 Å². The number of hydrogen-bond acceptors (Lipinski definition) is 32. The van der Waals surface area contributed by atoms with Crippen LogP contribution in [0.15, 0.2) is 212 Å². The van der Waals surface area contributed by atoms with Gasteiger partial charge < -0.3 is 105 Å². The first-order chi connectivity index (χ1) is 67.4. The zero-order valence-electron chi connectivity index (χ0n) is 82.7. The molecule has 0 bridgehead atoms. The van der Waals surface area contributed by atoms with Gasteiger partial charge >= 0.3 is 0 Å².